The first-order chi connectivity index (χ1) is 9.13. The second kappa shape index (κ2) is 6.55. The Bertz CT molecular complexity index is 534. The van der Waals surface area contributed by atoms with Crippen LogP contribution in [0.4, 0.5) is 0 Å². The van der Waals surface area contributed by atoms with Gasteiger partial charge in [0.15, 0.2) is 0 Å². The van der Waals surface area contributed by atoms with Crippen LogP contribution in [0, 0.1) is 0 Å². The number of nitrogens with one attached hydrogen (secondary N) is 1. The van der Waals surface area contributed by atoms with E-state index in [2.05, 4.69) is 39.3 Å². The number of rotatable bonds is 5. The summed E-state index contributed by atoms with van der Waals surface area (Å²) >= 11 is 9.67. The molecule has 1 unspecified atom stereocenters. The molecule has 0 aliphatic heterocycles. The van der Waals surface area contributed by atoms with Gasteiger partial charge in [0, 0.05) is 12.1 Å². The second-order valence-electron chi connectivity index (χ2n) is 4.44. The van der Waals surface area contributed by atoms with Gasteiger partial charge in [-0.15, -0.1) is 0 Å². The second-order valence-corrected chi connectivity index (χ2v) is 5.73. The lowest BCUT2D eigenvalue weighted by Gasteiger charge is -2.20. The summed E-state index contributed by atoms with van der Waals surface area (Å²) in [6, 6.07) is 8.02. The zero-order chi connectivity index (χ0) is 13.8. The van der Waals surface area contributed by atoms with Gasteiger partial charge in [-0.3, -0.25) is 4.68 Å². The summed E-state index contributed by atoms with van der Waals surface area (Å²) in [4.78, 5) is 0. The summed E-state index contributed by atoms with van der Waals surface area (Å²) in [5.41, 5.74) is 2.25. The molecule has 1 atom stereocenters. The Morgan fingerprint density at radius 2 is 2.26 bits per heavy atom. The van der Waals surface area contributed by atoms with Gasteiger partial charge in [-0.05, 0) is 46.6 Å². The Hall–Kier alpha value is -0.840. The van der Waals surface area contributed by atoms with Crippen LogP contribution in [-0.2, 0) is 7.05 Å². The highest BCUT2D eigenvalue weighted by Gasteiger charge is 2.20. The van der Waals surface area contributed by atoms with Crippen molar-refractivity contribution in [3.05, 3.63) is 51.2 Å². The Kier molecular flexibility index (Phi) is 5.02. The van der Waals surface area contributed by atoms with E-state index < -0.39 is 0 Å². The van der Waals surface area contributed by atoms with Crippen molar-refractivity contribution in [3.8, 4) is 0 Å². The van der Waals surface area contributed by atoms with Crippen LogP contribution in [0.2, 0.25) is 5.02 Å². The first-order valence-electron chi connectivity index (χ1n) is 6.29. The number of aryl methyl sites for hydroxylation is 1. The zero-order valence-corrected chi connectivity index (χ0v) is 13.4. The maximum Gasteiger partial charge on any atom is 0.0760 e. The molecule has 3 nitrogen and oxygen atoms in total. The lowest BCUT2D eigenvalue weighted by Crippen LogP contribution is -2.25. The van der Waals surface area contributed by atoms with Crippen LogP contribution in [0.15, 0.2) is 34.9 Å². The minimum Gasteiger partial charge on any atom is -0.305 e. The van der Waals surface area contributed by atoms with Crippen LogP contribution in [0.25, 0.3) is 0 Å². The molecule has 0 spiro atoms. The summed E-state index contributed by atoms with van der Waals surface area (Å²) in [5, 5.41) is 8.59. The van der Waals surface area contributed by atoms with Crippen LogP contribution in [0.5, 0.6) is 0 Å². The highest BCUT2D eigenvalue weighted by molar-refractivity contribution is 9.10. The predicted octanol–water partition coefficient (Wildman–Crippen LogP) is 3.93. The molecule has 102 valence electrons. The summed E-state index contributed by atoms with van der Waals surface area (Å²) in [6.07, 6.45) is 2.90. The van der Waals surface area contributed by atoms with E-state index in [0.717, 1.165) is 33.7 Å². The van der Waals surface area contributed by atoms with Gasteiger partial charge in [0.1, 0.15) is 0 Å². The number of hydrogen-bond donors (Lipinski definition) is 1. The van der Waals surface area contributed by atoms with Gasteiger partial charge in [-0.25, -0.2) is 0 Å². The van der Waals surface area contributed by atoms with Crippen molar-refractivity contribution in [3.63, 3.8) is 0 Å². The van der Waals surface area contributed by atoms with Crippen LogP contribution in [-0.4, -0.2) is 16.3 Å². The van der Waals surface area contributed by atoms with Crippen molar-refractivity contribution >= 4 is 27.5 Å². The molecule has 0 aliphatic carbocycles. The first-order valence-corrected chi connectivity index (χ1v) is 7.46. The third-order valence-electron chi connectivity index (χ3n) is 2.99. The highest BCUT2D eigenvalue weighted by Crippen LogP contribution is 2.29. The Morgan fingerprint density at radius 3 is 2.84 bits per heavy atom. The molecule has 1 aromatic carbocycles. The van der Waals surface area contributed by atoms with E-state index in [4.69, 9.17) is 11.6 Å². The zero-order valence-electron chi connectivity index (χ0n) is 11.0. The van der Waals surface area contributed by atoms with Crippen molar-refractivity contribution in [2.75, 3.05) is 6.54 Å². The largest absolute Gasteiger partial charge is 0.305 e. The monoisotopic (exact) mass is 341 g/mol. The molecule has 19 heavy (non-hydrogen) atoms. The van der Waals surface area contributed by atoms with Gasteiger partial charge in [0.25, 0.3) is 0 Å². The van der Waals surface area contributed by atoms with E-state index in [0.29, 0.717) is 0 Å². The molecule has 5 heteroatoms. The minimum atomic E-state index is 0.0838. The normalized spacial score (nSPS) is 12.6. The molecular formula is C14H17BrClN3. The van der Waals surface area contributed by atoms with Gasteiger partial charge in [0.2, 0.25) is 0 Å². The van der Waals surface area contributed by atoms with E-state index in [1.54, 1.807) is 0 Å². The fraction of sp³-hybridized carbons (Fsp3) is 0.357. The van der Waals surface area contributed by atoms with E-state index >= 15 is 0 Å². The lowest BCUT2D eigenvalue weighted by atomic mass is 10.0. The van der Waals surface area contributed by atoms with Crippen molar-refractivity contribution < 1.29 is 0 Å². The third-order valence-corrected chi connectivity index (χ3v) is 3.84. The molecule has 0 saturated carbocycles. The molecule has 0 saturated heterocycles. The quantitative estimate of drug-likeness (QED) is 0.892. The van der Waals surface area contributed by atoms with Gasteiger partial charge >= 0.3 is 0 Å². The molecule has 0 amide bonds. The average Bonchev–Trinajstić information content (AvgIpc) is 2.71. The number of aromatic nitrogens is 2. The Morgan fingerprint density at radius 1 is 1.47 bits per heavy atom. The molecule has 0 bridgehead atoms. The highest BCUT2D eigenvalue weighted by atomic mass is 79.9. The van der Waals surface area contributed by atoms with Crippen LogP contribution in [0.1, 0.15) is 30.6 Å². The van der Waals surface area contributed by atoms with Crippen LogP contribution < -0.4 is 5.32 Å². The SMILES string of the molecule is CCCNC(c1cccc(Cl)c1)c1c(Br)cnn1C. The number of hydrogen-bond acceptors (Lipinski definition) is 2. The smallest absolute Gasteiger partial charge is 0.0760 e. The molecule has 0 fully saturated rings. The first kappa shape index (κ1) is 14.6. The van der Waals surface area contributed by atoms with Gasteiger partial charge in [-0.2, -0.15) is 5.10 Å². The van der Waals surface area contributed by atoms with Crippen molar-refractivity contribution in [1.29, 1.82) is 0 Å². The molecule has 1 aromatic heterocycles. The molecule has 1 heterocycles. The van der Waals surface area contributed by atoms with E-state index in [-0.39, 0.29) is 6.04 Å². The average molecular weight is 343 g/mol. The van der Waals surface area contributed by atoms with Gasteiger partial charge in [-0.1, -0.05) is 30.7 Å². The fourth-order valence-electron chi connectivity index (χ4n) is 2.09. The standard InChI is InChI=1S/C14H17BrClN3/c1-3-7-17-13(10-5-4-6-11(16)8-10)14-12(15)9-18-19(14)2/h4-6,8-9,13,17H,3,7H2,1-2H3. The third kappa shape index (κ3) is 3.38. The summed E-state index contributed by atoms with van der Waals surface area (Å²) in [5.74, 6) is 0. The number of halogens is 2. The molecule has 2 rings (SSSR count). The van der Waals surface area contributed by atoms with Crippen molar-refractivity contribution in [2.45, 2.75) is 19.4 Å². The summed E-state index contributed by atoms with van der Waals surface area (Å²) in [6.45, 7) is 3.09. The van der Waals surface area contributed by atoms with E-state index in [1.165, 1.54) is 0 Å². The predicted molar refractivity (Wildman–Crippen MR) is 82.5 cm³/mol. The van der Waals surface area contributed by atoms with Gasteiger partial charge < -0.3 is 5.32 Å². The maximum atomic E-state index is 6.10. The Balaban J connectivity index is 2.41. The van der Waals surface area contributed by atoms with Crippen molar-refractivity contribution in [2.24, 2.45) is 7.05 Å². The van der Waals surface area contributed by atoms with Crippen LogP contribution in [0.3, 0.4) is 0 Å². The summed E-state index contributed by atoms with van der Waals surface area (Å²) < 4.78 is 2.89. The summed E-state index contributed by atoms with van der Waals surface area (Å²) in [7, 11) is 1.95. The number of benzene rings is 1. The minimum absolute atomic E-state index is 0.0838. The topological polar surface area (TPSA) is 29.9 Å². The Labute approximate surface area is 127 Å². The molecule has 1 N–H and O–H groups in total. The van der Waals surface area contributed by atoms with Crippen molar-refractivity contribution in [1.82, 2.24) is 15.1 Å². The van der Waals surface area contributed by atoms with Crippen LogP contribution >= 0.6 is 27.5 Å². The van der Waals surface area contributed by atoms with Gasteiger partial charge in [0.05, 0.1) is 22.4 Å². The fourth-order valence-corrected chi connectivity index (χ4v) is 2.87. The molecule has 2 aromatic rings. The number of nitrogens with zero attached hydrogens (tertiary/aromatic N) is 2. The lowest BCUT2D eigenvalue weighted by molar-refractivity contribution is 0.552. The van der Waals surface area contributed by atoms with E-state index in [9.17, 15) is 0 Å². The maximum absolute atomic E-state index is 6.10. The van der Waals surface area contributed by atoms with E-state index in [1.807, 2.05) is 36.1 Å². The molecule has 0 radical (unpaired) electrons. The molecule has 0 aliphatic rings. The molecular weight excluding hydrogens is 326 g/mol.